The molecule has 2 aromatic rings. The molecule has 7 heteroatoms. The van der Waals surface area contributed by atoms with Crippen molar-refractivity contribution in [1.29, 1.82) is 0 Å². The summed E-state index contributed by atoms with van der Waals surface area (Å²) in [5.74, 6) is 0.871. The fraction of sp³-hybridized carbons (Fsp3) is 0.471. The second-order valence-corrected chi connectivity index (χ2v) is 7.96. The Labute approximate surface area is 143 Å². The van der Waals surface area contributed by atoms with Crippen molar-refractivity contribution in [1.82, 2.24) is 13.9 Å². The first-order valence-electron chi connectivity index (χ1n) is 8.41. The molecule has 1 aliphatic heterocycles. The van der Waals surface area contributed by atoms with Crippen molar-refractivity contribution in [3.05, 3.63) is 47.9 Å². The van der Waals surface area contributed by atoms with E-state index in [4.69, 9.17) is 5.73 Å². The number of hydrogen-bond donors (Lipinski definition) is 1. The Balaban J connectivity index is 1.79. The van der Waals surface area contributed by atoms with Gasteiger partial charge in [0.15, 0.2) is 5.03 Å². The van der Waals surface area contributed by atoms with Gasteiger partial charge in [0.1, 0.15) is 5.82 Å². The van der Waals surface area contributed by atoms with Crippen molar-refractivity contribution in [2.24, 2.45) is 5.73 Å². The Hall–Kier alpha value is -1.70. The van der Waals surface area contributed by atoms with Gasteiger partial charge in [-0.15, -0.1) is 0 Å². The molecule has 2 heterocycles. The van der Waals surface area contributed by atoms with Crippen LogP contribution in [0.3, 0.4) is 0 Å². The molecule has 1 aromatic carbocycles. The van der Waals surface area contributed by atoms with E-state index in [2.05, 4.69) is 4.98 Å². The summed E-state index contributed by atoms with van der Waals surface area (Å²) in [5.41, 5.74) is 6.75. The topological polar surface area (TPSA) is 81.2 Å². The maximum Gasteiger partial charge on any atom is 0.262 e. The van der Waals surface area contributed by atoms with Crippen molar-refractivity contribution in [3.63, 3.8) is 0 Å². The first-order chi connectivity index (χ1) is 11.6. The Kier molecular flexibility index (Phi) is 5.33. The van der Waals surface area contributed by atoms with Gasteiger partial charge in [-0.1, -0.05) is 30.3 Å². The molecule has 0 saturated carbocycles. The highest BCUT2D eigenvalue weighted by atomic mass is 32.2. The molecule has 0 amide bonds. The van der Waals surface area contributed by atoms with Gasteiger partial charge in [-0.25, -0.2) is 13.4 Å². The normalized spacial score (nSPS) is 14.8. The van der Waals surface area contributed by atoms with E-state index < -0.39 is 10.0 Å². The largest absolute Gasteiger partial charge is 0.333 e. The lowest BCUT2D eigenvalue weighted by Crippen LogP contribution is -2.37. The van der Waals surface area contributed by atoms with E-state index in [9.17, 15) is 8.42 Å². The standard InChI is InChI=1S/C17H24N4O2S/c18-10-13-21(12-9-15-6-2-1-3-7-15)24(22,23)17-14-20-11-5-4-8-16(20)19-17/h1-3,6-7,14H,4-5,8-13,18H2. The van der Waals surface area contributed by atoms with E-state index in [-0.39, 0.29) is 5.03 Å². The summed E-state index contributed by atoms with van der Waals surface area (Å²) in [6, 6.07) is 9.87. The fourth-order valence-corrected chi connectivity index (χ4v) is 4.46. The summed E-state index contributed by atoms with van der Waals surface area (Å²) < 4.78 is 29.3. The van der Waals surface area contributed by atoms with E-state index in [0.29, 0.717) is 26.1 Å². The van der Waals surface area contributed by atoms with Crippen molar-refractivity contribution in [3.8, 4) is 0 Å². The minimum atomic E-state index is -3.61. The summed E-state index contributed by atoms with van der Waals surface area (Å²) >= 11 is 0. The molecule has 0 fully saturated rings. The van der Waals surface area contributed by atoms with E-state index in [1.807, 2.05) is 34.9 Å². The van der Waals surface area contributed by atoms with Gasteiger partial charge in [-0.2, -0.15) is 4.31 Å². The molecule has 0 spiro atoms. The Morgan fingerprint density at radius 1 is 1.17 bits per heavy atom. The second kappa shape index (κ2) is 7.46. The van der Waals surface area contributed by atoms with Crippen LogP contribution in [0.1, 0.15) is 24.2 Å². The average Bonchev–Trinajstić information content (AvgIpc) is 3.04. The number of imidazole rings is 1. The van der Waals surface area contributed by atoms with Crippen LogP contribution >= 0.6 is 0 Å². The number of rotatable bonds is 7. The first-order valence-corrected chi connectivity index (χ1v) is 9.85. The van der Waals surface area contributed by atoms with Crippen LogP contribution in [0.5, 0.6) is 0 Å². The van der Waals surface area contributed by atoms with Gasteiger partial charge >= 0.3 is 0 Å². The number of sulfonamides is 1. The zero-order chi connectivity index (χ0) is 17.0. The lowest BCUT2D eigenvalue weighted by Gasteiger charge is -2.20. The molecule has 130 valence electrons. The van der Waals surface area contributed by atoms with E-state index in [0.717, 1.165) is 37.2 Å². The first kappa shape index (κ1) is 17.1. The van der Waals surface area contributed by atoms with E-state index in [1.54, 1.807) is 6.20 Å². The van der Waals surface area contributed by atoms with Gasteiger partial charge in [-0.05, 0) is 24.8 Å². The quantitative estimate of drug-likeness (QED) is 0.820. The lowest BCUT2D eigenvalue weighted by molar-refractivity contribution is 0.420. The highest BCUT2D eigenvalue weighted by Gasteiger charge is 2.28. The SMILES string of the molecule is NCCN(CCc1ccccc1)S(=O)(=O)c1cn2c(n1)CCCC2. The molecule has 1 aliphatic rings. The molecule has 0 atom stereocenters. The van der Waals surface area contributed by atoms with Gasteiger partial charge in [0.25, 0.3) is 10.0 Å². The van der Waals surface area contributed by atoms with E-state index >= 15 is 0 Å². The minimum Gasteiger partial charge on any atom is -0.333 e. The molecule has 3 rings (SSSR count). The Morgan fingerprint density at radius 3 is 2.67 bits per heavy atom. The van der Waals surface area contributed by atoms with Crippen LogP contribution in [-0.2, 0) is 29.4 Å². The lowest BCUT2D eigenvalue weighted by atomic mass is 10.1. The summed E-state index contributed by atoms with van der Waals surface area (Å²) in [5, 5.41) is 0.154. The molecular formula is C17H24N4O2S. The van der Waals surface area contributed by atoms with Crippen molar-refractivity contribution < 1.29 is 8.42 Å². The molecule has 0 bridgehead atoms. The molecule has 6 nitrogen and oxygen atoms in total. The fourth-order valence-electron chi connectivity index (χ4n) is 3.04. The van der Waals surface area contributed by atoms with Crippen LogP contribution in [0, 0.1) is 0 Å². The second-order valence-electron chi connectivity index (χ2n) is 6.07. The van der Waals surface area contributed by atoms with Gasteiger partial charge < -0.3 is 10.3 Å². The number of nitrogens with two attached hydrogens (primary N) is 1. The minimum absolute atomic E-state index is 0.154. The predicted molar refractivity (Wildman–Crippen MR) is 93.1 cm³/mol. The predicted octanol–water partition coefficient (Wildman–Crippen LogP) is 1.41. The molecular weight excluding hydrogens is 324 g/mol. The molecule has 24 heavy (non-hydrogen) atoms. The molecule has 1 aromatic heterocycles. The number of aryl methyl sites for hydroxylation is 2. The third kappa shape index (κ3) is 3.68. The van der Waals surface area contributed by atoms with E-state index in [1.165, 1.54) is 4.31 Å². The third-order valence-electron chi connectivity index (χ3n) is 4.36. The smallest absolute Gasteiger partial charge is 0.262 e. The summed E-state index contributed by atoms with van der Waals surface area (Å²) in [4.78, 5) is 4.37. The van der Waals surface area contributed by atoms with Crippen LogP contribution in [0.15, 0.2) is 41.6 Å². The maximum atomic E-state index is 13.0. The van der Waals surface area contributed by atoms with Gasteiger partial charge in [-0.3, -0.25) is 0 Å². The average molecular weight is 348 g/mol. The molecule has 0 radical (unpaired) electrons. The number of benzene rings is 1. The summed E-state index contributed by atoms with van der Waals surface area (Å²) in [6.45, 7) is 1.85. The van der Waals surface area contributed by atoms with Crippen LogP contribution in [-0.4, -0.2) is 41.9 Å². The molecule has 2 N–H and O–H groups in total. The highest BCUT2D eigenvalue weighted by Crippen LogP contribution is 2.20. The summed E-state index contributed by atoms with van der Waals surface area (Å²) in [6.07, 6.45) is 5.32. The van der Waals surface area contributed by atoms with Crippen LogP contribution < -0.4 is 5.73 Å². The Morgan fingerprint density at radius 2 is 1.96 bits per heavy atom. The van der Waals surface area contributed by atoms with Crippen LogP contribution in [0.25, 0.3) is 0 Å². The van der Waals surface area contributed by atoms with Gasteiger partial charge in [0.2, 0.25) is 0 Å². The highest BCUT2D eigenvalue weighted by molar-refractivity contribution is 7.89. The maximum absolute atomic E-state index is 13.0. The van der Waals surface area contributed by atoms with Gasteiger partial charge in [0, 0.05) is 38.8 Å². The summed E-state index contributed by atoms with van der Waals surface area (Å²) in [7, 11) is -3.61. The zero-order valence-corrected chi connectivity index (χ0v) is 14.6. The zero-order valence-electron chi connectivity index (χ0n) is 13.8. The van der Waals surface area contributed by atoms with Crippen molar-refractivity contribution >= 4 is 10.0 Å². The van der Waals surface area contributed by atoms with Gasteiger partial charge in [0.05, 0.1) is 0 Å². The number of nitrogens with zero attached hydrogens (tertiary/aromatic N) is 3. The van der Waals surface area contributed by atoms with Crippen molar-refractivity contribution in [2.75, 3.05) is 19.6 Å². The number of hydrogen-bond acceptors (Lipinski definition) is 4. The van der Waals surface area contributed by atoms with Crippen LogP contribution in [0.2, 0.25) is 0 Å². The third-order valence-corrected chi connectivity index (χ3v) is 6.13. The van der Waals surface area contributed by atoms with Crippen LogP contribution in [0.4, 0.5) is 0 Å². The number of aromatic nitrogens is 2. The molecule has 0 unspecified atom stereocenters. The molecule has 0 saturated heterocycles. The Bertz CT molecular complexity index is 748. The van der Waals surface area contributed by atoms with Crippen molar-refractivity contribution in [2.45, 2.75) is 37.3 Å². The number of fused-ring (bicyclic) bond motifs is 1. The monoisotopic (exact) mass is 348 g/mol. The molecule has 0 aliphatic carbocycles.